The number of hydrogen-bond donors (Lipinski definition) is 4. The second-order valence-electron chi connectivity index (χ2n) is 6.14. The highest BCUT2D eigenvalue weighted by atomic mass is 32.2. The van der Waals surface area contributed by atoms with E-state index in [9.17, 15) is 27.1 Å². The minimum atomic E-state index is -4.60. The van der Waals surface area contributed by atoms with Crippen molar-refractivity contribution >= 4 is 44.4 Å². The van der Waals surface area contributed by atoms with E-state index in [-0.39, 0.29) is 22.1 Å². The third-order valence-corrected chi connectivity index (χ3v) is 5.59. The van der Waals surface area contributed by atoms with E-state index in [2.05, 4.69) is 15.3 Å². The molecule has 3 aromatic rings. The standard InChI is InChI=1S/C17H15N5O7S2/c1-9-15(16(18)22(21-9)10-3-2-4-11(7-10)30(25)26)20-19-14-6-5-12(31(27,28)29)8-13(14)17(23)24/h2-8H,18H2,1H3,(H,23,24)(H,25,26)(H,27,28,29)/b20-19+. The Morgan fingerprint density at radius 3 is 2.52 bits per heavy atom. The fraction of sp³-hybridized carbons (Fsp3) is 0.0588. The van der Waals surface area contributed by atoms with Crippen molar-refractivity contribution in [3.8, 4) is 5.69 Å². The van der Waals surface area contributed by atoms with Crippen LogP contribution in [0.15, 0.2) is 62.5 Å². The van der Waals surface area contributed by atoms with E-state index < -0.39 is 37.6 Å². The Bertz CT molecular complexity index is 1350. The number of nitrogens with zero attached hydrogens (tertiary/aromatic N) is 4. The first kappa shape index (κ1) is 22.2. The van der Waals surface area contributed by atoms with Gasteiger partial charge in [-0.2, -0.15) is 13.5 Å². The maximum absolute atomic E-state index is 11.5. The van der Waals surface area contributed by atoms with Gasteiger partial charge < -0.3 is 15.4 Å². The van der Waals surface area contributed by atoms with E-state index >= 15 is 0 Å². The Hall–Kier alpha value is -3.46. The molecule has 0 fully saturated rings. The molecule has 5 N–H and O–H groups in total. The van der Waals surface area contributed by atoms with Crippen LogP contribution < -0.4 is 5.73 Å². The van der Waals surface area contributed by atoms with Crippen molar-refractivity contribution in [2.75, 3.05) is 5.73 Å². The molecular weight excluding hydrogens is 450 g/mol. The van der Waals surface area contributed by atoms with Crippen LogP contribution in [-0.4, -0.2) is 42.6 Å². The molecule has 1 atom stereocenters. The first-order valence-electron chi connectivity index (χ1n) is 8.32. The largest absolute Gasteiger partial charge is 0.478 e. The molecule has 3 rings (SSSR count). The normalized spacial score (nSPS) is 12.9. The number of azo groups is 1. The van der Waals surface area contributed by atoms with Crippen molar-refractivity contribution in [2.24, 2.45) is 10.2 Å². The second kappa shape index (κ2) is 8.35. The van der Waals surface area contributed by atoms with Crippen LogP contribution in [0.3, 0.4) is 0 Å². The predicted molar refractivity (Wildman–Crippen MR) is 109 cm³/mol. The fourth-order valence-corrected chi connectivity index (χ4v) is 3.54. The zero-order valence-electron chi connectivity index (χ0n) is 15.7. The molecule has 0 aliphatic carbocycles. The Morgan fingerprint density at radius 1 is 1.19 bits per heavy atom. The molecule has 0 radical (unpaired) electrons. The Labute approximate surface area is 178 Å². The van der Waals surface area contributed by atoms with Crippen molar-refractivity contribution in [1.82, 2.24) is 9.78 Å². The number of aromatic nitrogens is 2. The van der Waals surface area contributed by atoms with Crippen LogP contribution in [0, 0.1) is 6.92 Å². The number of nitrogens with two attached hydrogens (primary N) is 1. The van der Waals surface area contributed by atoms with Crippen molar-refractivity contribution < 1.29 is 31.6 Å². The van der Waals surface area contributed by atoms with E-state index in [0.717, 1.165) is 18.2 Å². The highest BCUT2D eigenvalue weighted by Crippen LogP contribution is 2.32. The van der Waals surface area contributed by atoms with Gasteiger partial charge in [0.2, 0.25) is 0 Å². The van der Waals surface area contributed by atoms with Gasteiger partial charge in [-0.05, 0) is 43.3 Å². The van der Waals surface area contributed by atoms with Crippen molar-refractivity contribution in [2.45, 2.75) is 16.7 Å². The quantitative estimate of drug-likeness (QED) is 0.240. The smallest absolute Gasteiger partial charge is 0.338 e. The van der Waals surface area contributed by atoms with Gasteiger partial charge in [-0.15, -0.1) is 10.2 Å². The third kappa shape index (κ3) is 4.66. The lowest BCUT2D eigenvalue weighted by Gasteiger charge is -2.05. The number of carbonyl (C=O) groups is 1. The third-order valence-electron chi connectivity index (χ3n) is 4.08. The van der Waals surface area contributed by atoms with E-state index in [1.807, 2.05) is 0 Å². The molecule has 0 aliphatic heterocycles. The molecule has 0 saturated heterocycles. The van der Waals surface area contributed by atoms with Crippen LogP contribution in [0.2, 0.25) is 0 Å². The van der Waals surface area contributed by atoms with Crippen molar-refractivity contribution in [1.29, 1.82) is 0 Å². The molecule has 14 heteroatoms. The first-order chi connectivity index (χ1) is 14.5. The summed E-state index contributed by atoms with van der Waals surface area (Å²) in [5.41, 5.74) is 6.26. The minimum absolute atomic E-state index is 0.0357. The van der Waals surface area contributed by atoms with Crippen LogP contribution >= 0.6 is 0 Å². The van der Waals surface area contributed by atoms with Crippen molar-refractivity contribution in [3.63, 3.8) is 0 Å². The zero-order chi connectivity index (χ0) is 22.9. The number of nitrogen functional groups attached to an aromatic ring is 1. The summed E-state index contributed by atoms with van der Waals surface area (Å²) >= 11 is -2.20. The maximum atomic E-state index is 11.5. The van der Waals surface area contributed by atoms with Gasteiger partial charge in [-0.1, -0.05) is 6.07 Å². The highest BCUT2D eigenvalue weighted by Gasteiger charge is 2.18. The van der Waals surface area contributed by atoms with Gasteiger partial charge in [0.25, 0.3) is 10.1 Å². The molecule has 1 aromatic heterocycles. The van der Waals surface area contributed by atoms with Gasteiger partial charge in [-0.3, -0.25) is 4.55 Å². The zero-order valence-corrected chi connectivity index (χ0v) is 17.3. The summed E-state index contributed by atoms with van der Waals surface area (Å²) in [4.78, 5) is 11.0. The fourth-order valence-electron chi connectivity index (χ4n) is 2.62. The lowest BCUT2D eigenvalue weighted by molar-refractivity contribution is 0.0697. The molecule has 12 nitrogen and oxygen atoms in total. The number of aryl methyl sites for hydroxylation is 1. The van der Waals surface area contributed by atoms with Crippen LogP contribution in [-0.2, 0) is 21.2 Å². The number of anilines is 1. The highest BCUT2D eigenvalue weighted by molar-refractivity contribution is 7.85. The molecule has 162 valence electrons. The summed E-state index contributed by atoms with van der Waals surface area (Å²) in [6, 6.07) is 8.84. The van der Waals surface area contributed by atoms with Crippen LogP contribution in [0.5, 0.6) is 0 Å². The van der Waals surface area contributed by atoms with Crippen molar-refractivity contribution in [3.05, 3.63) is 53.7 Å². The Kier molecular flexibility index (Phi) is 5.99. The number of carboxylic acids is 1. The van der Waals surface area contributed by atoms with Gasteiger partial charge in [0, 0.05) is 0 Å². The molecule has 0 bridgehead atoms. The average molecular weight is 465 g/mol. The summed E-state index contributed by atoms with van der Waals surface area (Å²) < 4.78 is 53.4. The summed E-state index contributed by atoms with van der Waals surface area (Å²) in [7, 11) is -4.60. The summed E-state index contributed by atoms with van der Waals surface area (Å²) in [6.07, 6.45) is 0. The van der Waals surface area contributed by atoms with Gasteiger partial charge >= 0.3 is 5.97 Å². The summed E-state index contributed by atoms with van der Waals surface area (Å²) in [5, 5.41) is 21.3. The maximum Gasteiger partial charge on any atom is 0.338 e. The number of benzene rings is 2. The average Bonchev–Trinajstić information content (AvgIpc) is 2.99. The minimum Gasteiger partial charge on any atom is -0.478 e. The predicted octanol–water partition coefficient (Wildman–Crippen LogP) is 2.70. The molecule has 0 aliphatic rings. The van der Waals surface area contributed by atoms with Crippen LogP contribution in [0.25, 0.3) is 5.69 Å². The van der Waals surface area contributed by atoms with E-state index in [1.54, 1.807) is 19.1 Å². The van der Waals surface area contributed by atoms with Gasteiger partial charge in [0.1, 0.15) is 5.69 Å². The van der Waals surface area contributed by atoms with E-state index in [0.29, 0.717) is 11.4 Å². The van der Waals surface area contributed by atoms with Crippen LogP contribution in [0.4, 0.5) is 17.2 Å². The molecule has 0 spiro atoms. The monoisotopic (exact) mass is 465 g/mol. The first-order valence-corrected chi connectivity index (χ1v) is 10.9. The number of carboxylic acid groups (broad SMARTS) is 1. The molecular formula is C17H15N5O7S2. The van der Waals surface area contributed by atoms with E-state index in [1.165, 1.54) is 16.8 Å². The summed E-state index contributed by atoms with van der Waals surface area (Å²) in [6.45, 7) is 1.58. The SMILES string of the molecule is Cc1nn(-c2cccc(S(=O)O)c2)c(N)c1/N=N/c1ccc(S(=O)(=O)O)cc1C(=O)O. The van der Waals surface area contributed by atoms with Gasteiger partial charge in [0.05, 0.1) is 26.7 Å². The molecule has 0 saturated carbocycles. The Morgan fingerprint density at radius 2 is 1.90 bits per heavy atom. The Balaban J connectivity index is 2.04. The number of aromatic carboxylic acids is 1. The second-order valence-corrected chi connectivity index (χ2v) is 8.53. The summed E-state index contributed by atoms with van der Waals surface area (Å²) in [5.74, 6) is -1.44. The number of rotatable bonds is 6. The van der Waals surface area contributed by atoms with Gasteiger partial charge in [-0.25, -0.2) is 13.7 Å². The number of hydrogen-bond acceptors (Lipinski definition) is 8. The lowest BCUT2D eigenvalue weighted by atomic mass is 10.2. The molecule has 0 amide bonds. The van der Waals surface area contributed by atoms with Crippen LogP contribution in [0.1, 0.15) is 16.1 Å². The topological polar surface area (TPSA) is 198 Å². The van der Waals surface area contributed by atoms with E-state index in [4.69, 9.17) is 10.3 Å². The molecule has 31 heavy (non-hydrogen) atoms. The molecule has 2 aromatic carbocycles. The lowest BCUT2D eigenvalue weighted by Crippen LogP contribution is -2.03. The molecule has 1 heterocycles. The van der Waals surface area contributed by atoms with Gasteiger partial charge in [0.15, 0.2) is 22.6 Å². The molecule has 1 unspecified atom stereocenters.